The van der Waals surface area contributed by atoms with Gasteiger partial charge in [-0.05, 0) is 37.5 Å². The molecule has 160 valence electrons. The van der Waals surface area contributed by atoms with Crippen LogP contribution in [0.15, 0.2) is 48.8 Å². The van der Waals surface area contributed by atoms with E-state index in [0.29, 0.717) is 18.8 Å². The van der Waals surface area contributed by atoms with Gasteiger partial charge in [-0.25, -0.2) is 4.98 Å². The number of hydrogen-bond acceptors (Lipinski definition) is 7. The largest absolute Gasteiger partial charge is 0.353 e. The number of nitrogens with zero attached hydrogens (tertiary/aromatic N) is 8. The highest BCUT2D eigenvalue weighted by atomic mass is 16.2. The number of para-hydroxylation sites is 1. The number of amides is 1. The van der Waals surface area contributed by atoms with Crippen molar-refractivity contribution in [1.29, 1.82) is 0 Å². The van der Waals surface area contributed by atoms with Gasteiger partial charge in [-0.3, -0.25) is 4.79 Å². The molecule has 4 heterocycles. The number of carbonyl (C=O) groups is 1. The predicted octanol–water partition coefficient (Wildman–Crippen LogP) is 2.01. The molecule has 2 fully saturated rings. The minimum Gasteiger partial charge on any atom is -0.353 e. The van der Waals surface area contributed by atoms with Gasteiger partial charge in [0, 0.05) is 45.5 Å². The summed E-state index contributed by atoms with van der Waals surface area (Å²) in [4.78, 5) is 30.0. The highest BCUT2D eigenvalue weighted by Crippen LogP contribution is 2.20. The zero-order chi connectivity index (χ0) is 21.0. The molecule has 3 aromatic rings. The molecule has 5 rings (SSSR count). The van der Waals surface area contributed by atoms with Gasteiger partial charge in [0.15, 0.2) is 5.69 Å². The summed E-state index contributed by atoms with van der Waals surface area (Å²) in [6, 6.07) is 11.5. The molecule has 1 aromatic carbocycles. The predicted molar refractivity (Wildman–Crippen MR) is 118 cm³/mol. The first-order chi connectivity index (χ1) is 15.3. The quantitative estimate of drug-likeness (QED) is 0.641. The summed E-state index contributed by atoms with van der Waals surface area (Å²) >= 11 is 0. The van der Waals surface area contributed by atoms with Crippen LogP contribution in [0.3, 0.4) is 0 Å². The van der Waals surface area contributed by atoms with Crippen molar-refractivity contribution in [3.05, 3.63) is 54.5 Å². The first-order valence-electron chi connectivity index (χ1n) is 10.9. The molecule has 0 atom stereocenters. The number of anilines is 2. The Morgan fingerprint density at radius 3 is 2.39 bits per heavy atom. The number of carbonyl (C=O) groups excluding carboxylic acids is 1. The second-order valence-electron chi connectivity index (χ2n) is 7.90. The maximum atomic E-state index is 12.9. The van der Waals surface area contributed by atoms with E-state index < -0.39 is 0 Å². The van der Waals surface area contributed by atoms with Crippen molar-refractivity contribution in [2.24, 2.45) is 0 Å². The summed E-state index contributed by atoms with van der Waals surface area (Å²) in [5.74, 6) is 1.66. The zero-order valence-electron chi connectivity index (χ0n) is 17.5. The maximum Gasteiger partial charge on any atom is 0.276 e. The first kappa shape index (κ1) is 19.5. The average molecular weight is 419 g/mol. The summed E-state index contributed by atoms with van der Waals surface area (Å²) in [5.41, 5.74) is 1.20. The number of piperidine rings is 1. The molecule has 2 aliphatic heterocycles. The average Bonchev–Trinajstić information content (AvgIpc) is 3.35. The smallest absolute Gasteiger partial charge is 0.276 e. The Balaban J connectivity index is 1.22. The highest BCUT2D eigenvalue weighted by molar-refractivity contribution is 5.92. The molecule has 1 amide bonds. The van der Waals surface area contributed by atoms with Crippen molar-refractivity contribution >= 4 is 17.7 Å². The SMILES string of the molecule is O=C(c1cnn(-c2ccccc2)n1)N1CCN(c2ccnc(N3CCCCC3)n2)CC1. The van der Waals surface area contributed by atoms with Crippen LogP contribution in [0.4, 0.5) is 11.8 Å². The molecule has 0 spiro atoms. The zero-order valence-corrected chi connectivity index (χ0v) is 17.5. The van der Waals surface area contributed by atoms with Gasteiger partial charge < -0.3 is 14.7 Å². The lowest BCUT2D eigenvalue weighted by molar-refractivity contribution is 0.0740. The molecule has 2 saturated heterocycles. The fourth-order valence-electron chi connectivity index (χ4n) is 4.11. The third-order valence-corrected chi connectivity index (χ3v) is 5.86. The summed E-state index contributed by atoms with van der Waals surface area (Å²) in [5, 5.41) is 8.62. The Hall–Kier alpha value is -3.49. The van der Waals surface area contributed by atoms with E-state index in [2.05, 4.69) is 25.0 Å². The van der Waals surface area contributed by atoms with Crippen LogP contribution in [0.1, 0.15) is 29.8 Å². The van der Waals surface area contributed by atoms with Crippen LogP contribution < -0.4 is 9.80 Å². The fraction of sp³-hybridized carbons (Fsp3) is 0.409. The number of aromatic nitrogens is 5. The molecule has 0 saturated carbocycles. The normalized spacial score (nSPS) is 17.1. The van der Waals surface area contributed by atoms with Gasteiger partial charge in [0.05, 0.1) is 11.9 Å². The second kappa shape index (κ2) is 8.71. The van der Waals surface area contributed by atoms with Crippen LogP contribution in [0.2, 0.25) is 0 Å². The van der Waals surface area contributed by atoms with E-state index in [4.69, 9.17) is 4.98 Å². The Kier molecular flexibility index (Phi) is 5.47. The molecular weight excluding hydrogens is 392 g/mol. The van der Waals surface area contributed by atoms with Crippen molar-refractivity contribution in [3.8, 4) is 5.69 Å². The summed E-state index contributed by atoms with van der Waals surface area (Å²) in [6.45, 7) is 4.76. The molecule has 31 heavy (non-hydrogen) atoms. The number of piperazine rings is 1. The van der Waals surface area contributed by atoms with Crippen LogP contribution >= 0.6 is 0 Å². The topological polar surface area (TPSA) is 83.3 Å². The summed E-state index contributed by atoms with van der Waals surface area (Å²) in [7, 11) is 0. The molecule has 0 bridgehead atoms. The van der Waals surface area contributed by atoms with E-state index in [-0.39, 0.29) is 5.91 Å². The van der Waals surface area contributed by atoms with Gasteiger partial charge in [-0.15, -0.1) is 5.10 Å². The molecule has 0 radical (unpaired) electrons. The van der Waals surface area contributed by atoms with Gasteiger partial charge in [-0.2, -0.15) is 14.9 Å². The standard InChI is InChI=1S/C22H26N8O/c31-21(19-17-24-30(26-19)18-7-3-1-4-8-18)28-15-13-27(14-16-28)20-9-10-23-22(25-20)29-11-5-2-6-12-29/h1,3-4,7-10,17H,2,5-6,11-16H2. The van der Waals surface area contributed by atoms with Crippen molar-refractivity contribution in [2.45, 2.75) is 19.3 Å². The van der Waals surface area contributed by atoms with Crippen LogP contribution in [0, 0.1) is 0 Å². The Bertz CT molecular complexity index is 1020. The molecule has 9 heteroatoms. The van der Waals surface area contributed by atoms with Gasteiger partial charge in [0.2, 0.25) is 5.95 Å². The van der Waals surface area contributed by atoms with Crippen molar-refractivity contribution in [3.63, 3.8) is 0 Å². The maximum absolute atomic E-state index is 12.9. The Morgan fingerprint density at radius 1 is 0.839 bits per heavy atom. The Morgan fingerprint density at radius 2 is 1.61 bits per heavy atom. The molecule has 0 N–H and O–H groups in total. The monoisotopic (exact) mass is 418 g/mol. The minimum atomic E-state index is -0.0847. The number of benzene rings is 1. The lowest BCUT2D eigenvalue weighted by Gasteiger charge is -2.35. The minimum absolute atomic E-state index is 0.0847. The third kappa shape index (κ3) is 4.21. The van der Waals surface area contributed by atoms with Crippen molar-refractivity contribution < 1.29 is 4.79 Å². The van der Waals surface area contributed by atoms with Gasteiger partial charge >= 0.3 is 0 Å². The van der Waals surface area contributed by atoms with Crippen LogP contribution in [-0.2, 0) is 0 Å². The van der Waals surface area contributed by atoms with Crippen molar-refractivity contribution in [1.82, 2.24) is 29.9 Å². The summed E-state index contributed by atoms with van der Waals surface area (Å²) in [6.07, 6.45) is 7.06. The lowest BCUT2D eigenvalue weighted by Crippen LogP contribution is -2.49. The first-order valence-corrected chi connectivity index (χ1v) is 10.9. The van der Waals surface area contributed by atoms with Crippen LogP contribution in [-0.4, -0.2) is 75.0 Å². The van der Waals surface area contributed by atoms with Crippen LogP contribution in [0.25, 0.3) is 5.69 Å². The van der Waals surface area contributed by atoms with E-state index in [1.54, 1.807) is 0 Å². The third-order valence-electron chi connectivity index (χ3n) is 5.86. The van der Waals surface area contributed by atoms with E-state index in [1.807, 2.05) is 47.5 Å². The van der Waals surface area contributed by atoms with E-state index in [1.165, 1.54) is 30.3 Å². The fourth-order valence-corrected chi connectivity index (χ4v) is 4.11. The molecule has 2 aromatic heterocycles. The van der Waals surface area contributed by atoms with Crippen molar-refractivity contribution in [2.75, 3.05) is 49.1 Å². The number of hydrogen-bond donors (Lipinski definition) is 0. The van der Waals surface area contributed by atoms with E-state index in [9.17, 15) is 4.79 Å². The van der Waals surface area contributed by atoms with Gasteiger partial charge in [0.1, 0.15) is 5.82 Å². The molecule has 0 aliphatic carbocycles. The molecule has 2 aliphatic rings. The number of rotatable bonds is 4. The van der Waals surface area contributed by atoms with Gasteiger partial charge in [-0.1, -0.05) is 18.2 Å². The Labute approximate surface area is 181 Å². The lowest BCUT2D eigenvalue weighted by atomic mass is 10.1. The molecule has 9 nitrogen and oxygen atoms in total. The van der Waals surface area contributed by atoms with Crippen LogP contribution in [0.5, 0.6) is 0 Å². The highest BCUT2D eigenvalue weighted by Gasteiger charge is 2.25. The van der Waals surface area contributed by atoms with E-state index >= 15 is 0 Å². The van der Waals surface area contributed by atoms with Gasteiger partial charge in [0.25, 0.3) is 5.91 Å². The molecular formula is C22H26N8O. The second-order valence-corrected chi connectivity index (χ2v) is 7.90. The van der Waals surface area contributed by atoms with E-state index in [0.717, 1.165) is 43.6 Å². The summed E-state index contributed by atoms with van der Waals surface area (Å²) < 4.78 is 0. The molecule has 0 unspecified atom stereocenters.